The Morgan fingerprint density at radius 1 is 1.12 bits per heavy atom. The van der Waals surface area contributed by atoms with E-state index in [-0.39, 0.29) is 29.8 Å². The van der Waals surface area contributed by atoms with Gasteiger partial charge in [-0.1, -0.05) is 26.8 Å². The number of hydrogen-bond donors (Lipinski definition) is 3. The number of nitrogens with two attached hydrogens (primary N) is 1. The molecule has 1 saturated heterocycles. The fraction of sp³-hybridized carbons (Fsp3) is 0.394. The number of pyridine rings is 1. The summed E-state index contributed by atoms with van der Waals surface area (Å²) >= 11 is 0. The zero-order valence-electron chi connectivity index (χ0n) is 24.2. The van der Waals surface area contributed by atoms with Crippen molar-refractivity contribution in [1.82, 2.24) is 15.2 Å². The van der Waals surface area contributed by atoms with E-state index in [9.17, 15) is 9.59 Å². The predicted octanol–water partition coefficient (Wildman–Crippen LogP) is 5.77. The lowest BCUT2D eigenvalue weighted by Crippen LogP contribution is -2.48. The number of benzene rings is 2. The zero-order chi connectivity index (χ0) is 29.4. The van der Waals surface area contributed by atoms with Crippen molar-refractivity contribution >= 4 is 23.7 Å². The Balaban J connectivity index is 0.00000189. The second kappa shape index (κ2) is 13.9. The molecule has 5 rings (SSSR count). The molecule has 0 radical (unpaired) electrons. The second-order valence-corrected chi connectivity index (χ2v) is 10.4. The summed E-state index contributed by atoms with van der Waals surface area (Å²) in [6.07, 6.45) is 7.46. The quantitative estimate of drug-likeness (QED) is 0.149. The van der Waals surface area contributed by atoms with Crippen molar-refractivity contribution in [2.24, 2.45) is 5.92 Å². The van der Waals surface area contributed by atoms with Gasteiger partial charge in [0.25, 0.3) is 5.91 Å². The predicted molar refractivity (Wildman–Crippen MR) is 162 cm³/mol. The van der Waals surface area contributed by atoms with Gasteiger partial charge in [-0.15, -0.1) is 0 Å². The zero-order valence-corrected chi connectivity index (χ0v) is 24.2. The molecule has 2 amide bonds. The van der Waals surface area contributed by atoms with E-state index < -0.39 is 0 Å². The molecule has 4 N–H and O–H groups in total. The number of nitrogens with one attached hydrogen (secondary N) is 2. The van der Waals surface area contributed by atoms with Crippen molar-refractivity contribution in [3.05, 3.63) is 89.2 Å². The van der Waals surface area contributed by atoms with Crippen LogP contribution in [0.2, 0.25) is 0 Å². The third-order valence-electron chi connectivity index (χ3n) is 7.73. The molecule has 2 aliphatic rings. The van der Waals surface area contributed by atoms with Gasteiger partial charge in [0.1, 0.15) is 11.9 Å². The number of aromatic nitrogens is 1. The lowest BCUT2D eigenvalue weighted by molar-refractivity contribution is -0.125. The highest BCUT2D eigenvalue weighted by atomic mass is 16.5. The first-order chi connectivity index (χ1) is 20.0. The second-order valence-electron chi connectivity index (χ2n) is 10.4. The van der Waals surface area contributed by atoms with Gasteiger partial charge in [-0.3, -0.25) is 20.0 Å². The number of nitrogens with zero attached hydrogens (tertiary/aromatic N) is 2. The molecule has 8 nitrogen and oxygen atoms in total. The van der Waals surface area contributed by atoms with E-state index in [4.69, 9.17) is 15.9 Å². The van der Waals surface area contributed by atoms with Gasteiger partial charge in [-0.05, 0) is 86.2 Å². The Labute approximate surface area is 242 Å². The van der Waals surface area contributed by atoms with Gasteiger partial charge in [0.2, 0.25) is 6.41 Å². The fourth-order valence-corrected chi connectivity index (χ4v) is 5.06. The monoisotopic (exact) mass is 555 g/mol. The minimum atomic E-state index is -0.208. The molecule has 2 aromatic carbocycles. The van der Waals surface area contributed by atoms with Gasteiger partial charge in [0.05, 0.1) is 17.4 Å². The third-order valence-corrected chi connectivity index (χ3v) is 7.73. The van der Waals surface area contributed by atoms with Crippen molar-refractivity contribution < 1.29 is 14.3 Å². The third kappa shape index (κ3) is 7.31. The lowest BCUT2D eigenvalue weighted by Gasteiger charge is -2.39. The standard InChI is InChI=1S/C31H35N5O3.C2H6/c1-2-24(18-23-14-16-36(23)19-37)39-25-11-8-20(9-12-25)29(33)26-17-22(10-13-27(26)32)31(38)35-30(21-6-7-21)28-5-3-4-15-34-28;1-2/h3-5,8-13,15,17,19,21,23-24,30,33H,2,6-7,14,16,18,32H2,1H3,(H,35,38);1-2H3. The first-order valence-corrected chi connectivity index (χ1v) is 14.6. The van der Waals surface area contributed by atoms with Crippen LogP contribution in [0, 0.1) is 11.3 Å². The molecular weight excluding hydrogens is 514 g/mol. The topological polar surface area (TPSA) is 121 Å². The highest BCUT2D eigenvalue weighted by molar-refractivity contribution is 6.14. The molecule has 216 valence electrons. The van der Waals surface area contributed by atoms with Gasteiger partial charge >= 0.3 is 0 Å². The van der Waals surface area contributed by atoms with Crippen molar-refractivity contribution in [3.8, 4) is 5.75 Å². The van der Waals surface area contributed by atoms with E-state index in [1.807, 2.05) is 61.2 Å². The van der Waals surface area contributed by atoms with Crippen molar-refractivity contribution in [3.63, 3.8) is 0 Å². The van der Waals surface area contributed by atoms with E-state index in [1.165, 1.54) is 0 Å². The molecule has 1 aliphatic heterocycles. The summed E-state index contributed by atoms with van der Waals surface area (Å²) in [4.78, 5) is 30.6. The largest absolute Gasteiger partial charge is 0.490 e. The van der Waals surface area contributed by atoms with E-state index in [2.05, 4.69) is 17.2 Å². The van der Waals surface area contributed by atoms with Crippen LogP contribution in [-0.2, 0) is 4.79 Å². The highest BCUT2D eigenvalue weighted by Crippen LogP contribution is 2.40. The number of ether oxygens (including phenoxy) is 1. The molecule has 0 bridgehead atoms. The van der Waals surface area contributed by atoms with Crippen LogP contribution in [0.5, 0.6) is 5.75 Å². The van der Waals surface area contributed by atoms with Crippen LogP contribution in [0.3, 0.4) is 0 Å². The van der Waals surface area contributed by atoms with E-state index in [1.54, 1.807) is 24.4 Å². The number of amides is 2. The van der Waals surface area contributed by atoms with Crippen LogP contribution in [0.15, 0.2) is 66.9 Å². The van der Waals surface area contributed by atoms with Crippen LogP contribution < -0.4 is 15.8 Å². The maximum absolute atomic E-state index is 13.2. The number of rotatable bonds is 12. The molecule has 3 unspecified atom stereocenters. The molecule has 1 aliphatic carbocycles. The molecule has 8 heteroatoms. The molecule has 1 saturated carbocycles. The first-order valence-electron chi connectivity index (χ1n) is 14.6. The average molecular weight is 556 g/mol. The molecule has 1 aromatic heterocycles. The minimum Gasteiger partial charge on any atom is -0.490 e. The summed E-state index contributed by atoms with van der Waals surface area (Å²) in [5, 5.41) is 12.0. The molecule has 0 spiro atoms. The van der Waals surface area contributed by atoms with E-state index in [0.717, 1.165) is 56.5 Å². The average Bonchev–Trinajstić information content (AvgIpc) is 3.85. The van der Waals surface area contributed by atoms with Crippen LogP contribution in [-0.4, -0.2) is 46.6 Å². The number of likely N-dealkylation sites (tertiary alicyclic amines) is 1. The molecular formula is C33H41N5O3. The SMILES string of the molecule is CC.CCC(CC1CCN1C=O)Oc1ccc(C(=N)c2cc(C(=O)NC(c3ccccn3)C3CC3)ccc2N)cc1. The van der Waals surface area contributed by atoms with Gasteiger partial charge in [-0.2, -0.15) is 0 Å². The summed E-state index contributed by atoms with van der Waals surface area (Å²) in [5.74, 6) is 0.902. The smallest absolute Gasteiger partial charge is 0.251 e. The summed E-state index contributed by atoms with van der Waals surface area (Å²) in [6, 6.07) is 18.3. The Kier molecular flexibility index (Phi) is 10.1. The van der Waals surface area contributed by atoms with E-state index >= 15 is 0 Å². The highest BCUT2D eigenvalue weighted by Gasteiger charge is 2.34. The van der Waals surface area contributed by atoms with Crippen molar-refractivity contribution in [2.75, 3.05) is 12.3 Å². The number of carbonyl (C=O) groups excluding carboxylic acids is 2. The lowest BCUT2D eigenvalue weighted by atomic mass is 9.96. The van der Waals surface area contributed by atoms with Crippen LogP contribution in [0.25, 0.3) is 0 Å². The maximum Gasteiger partial charge on any atom is 0.251 e. The molecule has 2 heterocycles. The number of hydrogen-bond acceptors (Lipinski definition) is 6. The summed E-state index contributed by atoms with van der Waals surface area (Å²) in [5.41, 5.74) is 9.41. The Morgan fingerprint density at radius 2 is 1.85 bits per heavy atom. The Bertz CT molecular complexity index is 1320. The number of anilines is 1. The Morgan fingerprint density at radius 3 is 2.44 bits per heavy atom. The number of carbonyl (C=O) groups is 2. The molecule has 41 heavy (non-hydrogen) atoms. The van der Waals surface area contributed by atoms with Crippen LogP contribution >= 0.6 is 0 Å². The van der Waals surface area contributed by atoms with Crippen LogP contribution in [0.4, 0.5) is 5.69 Å². The van der Waals surface area contributed by atoms with Crippen molar-refractivity contribution in [2.45, 2.75) is 71.1 Å². The van der Waals surface area contributed by atoms with Crippen LogP contribution in [0.1, 0.15) is 86.1 Å². The summed E-state index contributed by atoms with van der Waals surface area (Å²) < 4.78 is 6.18. The van der Waals surface area contributed by atoms with Gasteiger partial charge in [0.15, 0.2) is 0 Å². The normalized spacial score (nSPS) is 17.2. The maximum atomic E-state index is 13.2. The summed E-state index contributed by atoms with van der Waals surface area (Å²) in [7, 11) is 0. The Hall–Kier alpha value is -4.20. The van der Waals surface area contributed by atoms with Crippen molar-refractivity contribution in [1.29, 1.82) is 5.41 Å². The summed E-state index contributed by atoms with van der Waals surface area (Å²) in [6.45, 7) is 6.90. The number of nitrogen functional groups attached to an aromatic ring is 1. The fourth-order valence-electron chi connectivity index (χ4n) is 5.06. The minimum absolute atomic E-state index is 0.0134. The van der Waals surface area contributed by atoms with Gasteiger partial charge < -0.3 is 20.7 Å². The molecule has 2 fully saturated rings. The molecule has 3 aromatic rings. The van der Waals surface area contributed by atoms with Gasteiger partial charge in [-0.25, -0.2) is 0 Å². The first kappa shape index (κ1) is 29.8. The molecule has 3 atom stereocenters. The van der Waals surface area contributed by atoms with E-state index in [0.29, 0.717) is 28.3 Å². The van der Waals surface area contributed by atoms with Gasteiger partial charge in [0, 0.05) is 47.6 Å².